The summed E-state index contributed by atoms with van der Waals surface area (Å²) in [6.07, 6.45) is 4.99. The van der Waals surface area contributed by atoms with Gasteiger partial charge in [-0.15, -0.1) is 0 Å². The molecule has 1 N–H and O–H groups in total. The number of fused-ring (bicyclic) bond motifs is 1. The lowest BCUT2D eigenvalue weighted by atomic mass is 10.0. The molecule has 7 heteroatoms. The highest BCUT2D eigenvalue weighted by Gasteiger charge is 2.25. The van der Waals surface area contributed by atoms with E-state index < -0.39 is 11.7 Å². The molecule has 31 heavy (non-hydrogen) atoms. The molecule has 4 rings (SSSR count). The van der Waals surface area contributed by atoms with Crippen molar-refractivity contribution >= 4 is 28.3 Å². The van der Waals surface area contributed by atoms with Crippen LogP contribution in [0.3, 0.4) is 0 Å². The van der Waals surface area contributed by atoms with Crippen molar-refractivity contribution in [1.29, 1.82) is 0 Å². The average Bonchev–Trinajstić information content (AvgIpc) is 3.04. The molecular formula is C24H22N4O3. The molecule has 1 aromatic carbocycles. The first-order chi connectivity index (χ1) is 15.0. The van der Waals surface area contributed by atoms with Gasteiger partial charge >= 0.3 is 0 Å². The molecule has 4 aromatic rings. The maximum atomic E-state index is 13.2. The molecular weight excluding hydrogens is 392 g/mol. The van der Waals surface area contributed by atoms with E-state index in [1.807, 2.05) is 44.2 Å². The van der Waals surface area contributed by atoms with Crippen LogP contribution in [-0.2, 0) is 11.3 Å². The highest BCUT2D eigenvalue weighted by atomic mass is 16.5. The zero-order valence-corrected chi connectivity index (χ0v) is 17.5. The van der Waals surface area contributed by atoms with Crippen molar-refractivity contribution in [3.8, 4) is 5.88 Å². The number of hydrogen-bond acceptors (Lipinski definition) is 5. The molecule has 0 aliphatic carbocycles. The number of hydrogen-bond donors (Lipinski definition) is 1. The van der Waals surface area contributed by atoms with E-state index in [1.165, 1.54) is 13.3 Å². The molecule has 156 valence electrons. The Kier molecular flexibility index (Phi) is 5.49. The molecule has 3 heterocycles. The summed E-state index contributed by atoms with van der Waals surface area (Å²) in [5.41, 5.74) is 4.57. The van der Waals surface area contributed by atoms with Crippen LogP contribution in [0.2, 0.25) is 0 Å². The number of anilines is 1. The third kappa shape index (κ3) is 4.02. The summed E-state index contributed by atoms with van der Waals surface area (Å²) in [6, 6.07) is 13.0. The third-order valence-electron chi connectivity index (χ3n) is 5.20. The van der Waals surface area contributed by atoms with Crippen molar-refractivity contribution in [1.82, 2.24) is 14.5 Å². The van der Waals surface area contributed by atoms with Crippen LogP contribution in [0.1, 0.15) is 27.2 Å². The van der Waals surface area contributed by atoms with Crippen LogP contribution < -0.4 is 10.1 Å². The zero-order valence-electron chi connectivity index (χ0n) is 17.5. The van der Waals surface area contributed by atoms with Crippen LogP contribution in [0.25, 0.3) is 10.9 Å². The molecule has 0 aliphatic heterocycles. The maximum Gasteiger partial charge on any atom is 0.296 e. The van der Waals surface area contributed by atoms with E-state index in [1.54, 1.807) is 24.5 Å². The number of aryl methyl sites for hydroxylation is 1. The minimum Gasteiger partial charge on any atom is -0.481 e. The standard InChI is InChI=1S/C24H22N4O3/c1-15-4-5-20-19(12-15)22(16(2)28(20)14-17-6-9-25-10-7-17)23(29)24(30)27-18-8-11-26-21(13-18)31-3/h4-13H,14H2,1-3H3,(H,26,27,30). The summed E-state index contributed by atoms with van der Waals surface area (Å²) in [6.45, 7) is 4.41. The van der Waals surface area contributed by atoms with Gasteiger partial charge in [-0.3, -0.25) is 14.6 Å². The average molecular weight is 414 g/mol. The Balaban J connectivity index is 1.73. The van der Waals surface area contributed by atoms with Crippen molar-refractivity contribution in [2.75, 3.05) is 12.4 Å². The fourth-order valence-corrected chi connectivity index (χ4v) is 3.66. The topological polar surface area (TPSA) is 86.1 Å². The van der Waals surface area contributed by atoms with Gasteiger partial charge in [0.1, 0.15) is 0 Å². The lowest BCUT2D eigenvalue weighted by Crippen LogP contribution is -2.23. The molecule has 3 aromatic heterocycles. The lowest BCUT2D eigenvalue weighted by molar-refractivity contribution is -0.112. The molecule has 7 nitrogen and oxygen atoms in total. The lowest BCUT2D eigenvalue weighted by Gasteiger charge is -2.09. The quantitative estimate of drug-likeness (QED) is 0.382. The van der Waals surface area contributed by atoms with Crippen LogP contribution >= 0.6 is 0 Å². The van der Waals surface area contributed by atoms with Gasteiger partial charge in [-0.1, -0.05) is 11.6 Å². The maximum absolute atomic E-state index is 13.2. The second-order valence-corrected chi connectivity index (χ2v) is 7.29. The van der Waals surface area contributed by atoms with Gasteiger partial charge in [0, 0.05) is 53.5 Å². The van der Waals surface area contributed by atoms with Crippen LogP contribution in [0.4, 0.5) is 5.69 Å². The van der Waals surface area contributed by atoms with E-state index in [-0.39, 0.29) is 0 Å². The Morgan fingerprint density at radius 3 is 2.55 bits per heavy atom. The van der Waals surface area contributed by atoms with Gasteiger partial charge in [0.25, 0.3) is 11.7 Å². The predicted molar refractivity (Wildman–Crippen MR) is 119 cm³/mol. The fraction of sp³-hybridized carbons (Fsp3) is 0.167. The van der Waals surface area contributed by atoms with E-state index >= 15 is 0 Å². The van der Waals surface area contributed by atoms with Crippen LogP contribution in [0.5, 0.6) is 5.88 Å². The Morgan fingerprint density at radius 2 is 1.81 bits per heavy atom. The Morgan fingerprint density at radius 1 is 1.03 bits per heavy atom. The van der Waals surface area contributed by atoms with Crippen molar-refractivity contribution in [2.45, 2.75) is 20.4 Å². The number of aromatic nitrogens is 3. The molecule has 0 saturated carbocycles. The highest BCUT2D eigenvalue weighted by molar-refractivity contribution is 6.48. The smallest absolute Gasteiger partial charge is 0.296 e. The van der Waals surface area contributed by atoms with Gasteiger partial charge in [0.15, 0.2) is 0 Å². The van der Waals surface area contributed by atoms with Crippen LogP contribution in [-0.4, -0.2) is 33.3 Å². The number of rotatable bonds is 6. The summed E-state index contributed by atoms with van der Waals surface area (Å²) >= 11 is 0. The van der Waals surface area contributed by atoms with Gasteiger partial charge in [-0.05, 0) is 49.7 Å². The van der Waals surface area contributed by atoms with Crippen molar-refractivity contribution in [3.63, 3.8) is 0 Å². The van der Waals surface area contributed by atoms with Gasteiger partial charge in [-0.2, -0.15) is 0 Å². The van der Waals surface area contributed by atoms with E-state index in [0.29, 0.717) is 23.7 Å². The number of Topliss-reactive ketones (excluding diaryl/α,β-unsaturated/α-hetero) is 1. The van der Waals surface area contributed by atoms with Gasteiger partial charge < -0.3 is 14.6 Å². The number of nitrogens with one attached hydrogen (secondary N) is 1. The fourth-order valence-electron chi connectivity index (χ4n) is 3.66. The number of carbonyl (C=O) groups excluding carboxylic acids is 2. The molecule has 0 fully saturated rings. The number of carbonyl (C=O) groups is 2. The number of amides is 1. The number of pyridine rings is 2. The number of ether oxygens (including phenoxy) is 1. The van der Waals surface area contributed by atoms with Gasteiger partial charge in [0.05, 0.1) is 12.7 Å². The summed E-state index contributed by atoms with van der Waals surface area (Å²) < 4.78 is 7.13. The molecule has 0 saturated heterocycles. The molecule has 1 amide bonds. The minimum atomic E-state index is -0.708. The van der Waals surface area contributed by atoms with Crippen molar-refractivity contribution < 1.29 is 14.3 Å². The second-order valence-electron chi connectivity index (χ2n) is 7.29. The van der Waals surface area contributed by atoms with Crippen LogP contribution in [0, 0.1) is 13.8 Å². The summed E-state index contributed by atoms with van der Waals surface area (Å²) in [7, 11) is 1.49. The second kappa shape index (κ2) is 8.39. The minimum absolute atomic E-state index is 0.353. The van der Waals surface area contributed by atoms with Crippen molar-refractivity contribution in [2.24, 2.45) is 0 Å². The molecule has 0 bridgehead atoms. The van der Waals surface area contributed by atoms with Crippen LogP contribution in [0.15, 0.2) is 61.1 Å². The molecule has 0 spiro atoms. The first kappa shape index (κ1) is 20.3. The first-order valence-electron chi connectivity index (χ1n) is 9.82. The normalized spacial score (nSPS) is 10.8. The highest BCUT2D eigenvalue weighted by Crippen LogP contribution is 2.29. The number of nitrogens with zero attached hydrogens (tertiary/aromatic N) is 3. The largest absolute Gasteiger partial charge is 0.481 e. The van der Waals surface area contributed by atoms with Gasteiger partial charge in [0.2, 0.25) is 5.88 Å². The number of benzene rings is 1. The third-order valence-corrected chi connectivity index (χ3v) is 5.20. The summed E-state index contributed by atoms with van der Waals surface area (Å²) in [5, 5.41) is 3.42. The monoisotopic (exact) mass is 414 g/mol. The zero-order chi connectivity index (χ0) is 22.0. The van der Waals surface area contributed by atoms with E-state index in [2.05, 4.69) is 19.9 Å². The summed E-state index contributed by atoms with van der Waals surface area (Å²) in [4.78, 5) is 34.1. The molecule has 0 atom stereocenters. The van der Waals surface area contributed by atoms with Crippen molar-refractivity contribution in [3.05, 3.63) is 83.4 Å². The summed E-state index contributed by atoms with van der Waals surface area (Å²) in [5.74, 6) is -0.941. The molecule has 0 radical (unpaired) electrons. The van der Waals surface area contributed by atoms with E-state index in [9.17, 15) is 9.59 Å². The first-order valence-corrected chi connectivity index (χ1v) is 9.82. The predicted octanol–water partition coefficient (Wildman–Crippen LogP) is 3.93. The Hall–Kier alpha value is -4.00. The Bertz CT molecular complexity index is 1280. The number of ketones is 1. The van der Waals surface area contributed by atoms with E-state index in [0.717, 1.165) is 27.7 Å². The van der Waals surface area contributed by atoms with Gasteiger partial charge in [-0.25, -0.2) is 4.98 Å². The molecule has 0 unspecified atom stereocenters. The number of methoxy groups -OCH3 is 1. The molecule has 0 aliphatic rings. The SMILES string of the molecule is COc1cc(NC(=O)C(=O)c2c(C)n(Cc3ccncc3)c3ccc(C)cc23)ccn1. The Labute approximate surface area is 179 Å². The van der Waals surface area contributed by atoms with E-state index in [4.69, 9.17) is 4.74 Å².